The van der Waals surface area contributed by atoms with E-state index in [0.717, 1.165) is 6.07 Å². The molecule has 0 saturated carbocycles. The minimum Gasteiger partial charge on any atom is -0.477 e. The Morgan fingerprint density at radius 2 is 1.89 bits per heavy atom. The van der Waals surface area contributed by atoms with Gasteiger partial charge in [-0.3, -0.25) is 0 Å². The summed E-state index contributed by atoms with van der Waals surface area (Å²) in [5.41, 5.74) is 2.62. The molecule has 0 radical (unpaired) electrons. The lowest BCUT2D eigenvalue weighted by atomic mass is 10.0. The molecule has 0 bridgehead atoms. The van der Waals surface area contributed by atoms with Gasteiger partial charge in [0.05, 0.1) is 21.3 Å². The van der Waals surface area contributed by atoms with Crippen molar-refractivity contribution < 1.29 is 23.1 Å². The number of halogens is 5. The molecule has 3 N–H and O–H groups in total. The highest BCUT2D eigenvalue weighted by Gasteiger charge is 2.24. The molecule has 0 saturated heterocycles. The lowest BCUT2D eigenvalue weighted by molar-refractivity contribution is 0.0690. The van der Waals surface area contributed by atoms with E-state index in [-0.39, 0.29) is 22.4 Å². The number of fused-ring (bicyclic) bond motifs is 1. The summed E-state index contributed by atoms with van der Waals surface area (Å²) >= 11 is 11.8. The third-order valence-electron chi connectivity index (χ3n) is 4.03. The van der Waals surface area contributed by atoms with E-state index < -0.39 is 34.6 Å². The van der Waals surface area contributed by atoms with Gasteiger partial charge >= 0.3 is 5.97 Å². The van der Waals surface area contributed by atoms with Gasteiger partial charge < -0.3 is 15.4 Å². The van der Waals surface area contributed by atoms with Crippen LogP contribution in [-0.2, 0) is 6.42 Å². The van der Waals surface area contributed by atoms with Gasteiger partial charge in [-0.15, -0.1) is 5.73 Å². The first-order valence-electron chi connectivity index (χ1n) is 7.75. The fourth-order valence-electron chi connectivity index (χ4n) is 2.73. The number of carboxylic acids is 1. The predicted octanol–water partition coefficient (Wildman–Crippen LogP) is 5.91. The lowest BCUT2D eigenvalue weighted by Crippen LogP contribution is -2.06. The van der Waals surface area contributed by atoms with Gasteiger partial charge in [0.1, 0.15) is 5.69 Å². The maximum absolute atomic E-state index is 14.0. The number of carboxylic acid groups (broad SMARTS) is 1. The number of rotatable bonds is 5. The van der Waals surface area contributed by atoms with E-state index >= 15 is 0 Å². The second kappa shape index (κ2) is 7.64. The molecule has 0 atom stereocenters. The van der Waals surface area contributed by atoms with Crippen molar-refractivity contribution in [3.8, 4) is 0 Å². The number of benzene rings is 2. The van der Waals surface area contributed by atoms with Crippen molar-refractivity contribution in [2.45, 2.75) is 6.42 Å². The van der Waals surface area contributed by atoms with Gasteiger partial charge in [0, 0.05) is 17.5 Å². The van der Waals surface area contributed by atoms with Crippen LogP contribution in [0.15, 0.2) is 42.3 Å². The third-order valence-corrected chi connectivity index (χ3v) is 4.77. The lowest BCUT2D eigenvalue weighted by Gasteiger charge is -2.10. The van der Waals surface area contributed by atoms with Crippen molar-refractivity contribution in [2.75, 3.05) is 5.32 Å². The number of nitrogens with one attached hydrogen (secondary N) is 2. The highest BCUT2D eigenvalue weighted by molar-refractivity contribution is 6.42. The Labute approximate surface area is 166 Å². The first kappa shape index (κ1) is 19.9. The molecule has 0 aliphatic heterocycles. The molecule has 1 aromatic heterocycles. The molecular formula is C19H11Cl2F3N2O2. The number of hydrogen-bond acceptors (Lipinski definition) is 2. The maximum atomic E-state index is 14.0. The molecule has 2 aromatic carbocycles. The summed E-state index contributed by atoms with van der Waals surface area (Å²) < 4.78 is 41.3. The Balaban J connectivity index is 2.06. The van der Waals surface area contributed by atoms with Crippen LogP contribution in [0.5, 0.6) is 0 Å². The van der Waals surface area contributed by atoms with E-state index in [4.69, 9.17) is 23.2 Å². The van der Waals surface area contributed by atoms with Gasteiger partial charge in [0.25, 0.3) is 0 Å². The van der Waals surface area contributed by atoms with Crippen LogP contribution in [0, 0.1) is 17.5 Å². The molecule has 0 unspecified atom stereocenters. The fourth-order valence-corrected chi connectivity index (χ4v) is 3.03. The number of anilines is 1. The molecule has 0 aliphatic carbocycles. The minimum atomic E-state index is -1.69. The van der Waals surface area contributed by atoms with Crippen LogP contribution in [0.1, 0.15) is 16.1 Å². The molecule has 0 amide bonds. The molecule has 4 nitrogen and oxygen atoms in total. The quantitative estimate of drug-likeness (QED) is 0.350. The number of aromatic amines is 1. The van der Waals surface area contributed by atoms with E-state index in [2.05, 4.69) is 22.6 Å². The zero-order chi connectivity index (χ0) is 20.6. The highest BCUT2D eigenvalue weighted by Crippen LogP contribution is 2.31. The van der Waals surface area contributed by atoms with E-state index in [1.54, 1.807) is 12.1 Å². The highest BCUT2D eigenvalue weighted by atomic mass is 35.5. The summed E-state index contributed by atoms with van der Waals surface area (Å²) in [5, 5.41) is 12.9. The third kappa shape index (κ3) is 3.60. The average Bonchev–Trinajstić information content (AvgIpc) is 3.01. The van der Waals surface area contributed by atoms with E-state index in [1.807, 2.05) is 0 Å². The van der Waals surface area contributed by atoms with Crippen molar-refractivity contribution in [1.29, 1.82) is 0 Å². The summed E-state index contributed by atoms with van der Waals surface area (Å²) in [4.78, 5) is 13.8. The van der Waals surface area contributed by atoms with Crippen molar-refractivity contribution in [2.24, 2.45) is 0 Å². The molecular weight excluding hydrogens is 416 g/mol. The van der Waals surface area contributed by atoms with Crippen molar-refractivity contribution in [3.05, 3.63) is 81.0 Å². The second-order valence-corrected chi connectivity index (χ2v) is 6.59. The van der Waals surface area contributed by atoms with Crippen LogP contribution in [0.2, 0.25) is 10.0 Å². The molecule has 3 rings (SSSR count). The van der Waals surface area contributed by atoms with Crippen molar-refractivity contribution in [3.63, 3.8) is 0 Å². The monoisotopic (exact) mass is 426 g/mol. The maximum Gasteiger partial charge on any atom is 0.352 e. The van der Waals surface area contributed by atoms with Gasteiger partial charge in [-0.2, -0.15) is 0 Å². The normalized spacial score (nSPS) is 10.8. The van der Waals surface area contributed by atoms with Crippen LogP contribution in [0.25, 0.3) is 10.9 Å². The fraction of sp³-hybridized carbons (Fsp3) is 0.0526. The van der Waals surface area contributed by atoms with Gasteiger partial charge in [-0.1, -0.05) is 29.8 Å². The summed E-state index contributed by atoms with van der Waals surface area (Å²) in [6.45, 7) is 3.53. The van der Waals surface area contributed by atoms with Gasteiger partial charge in [0.2, 0.25) is 0 Å². The topological polar surface area (TPSA) is 65.1 Å². The molecule has 0 aliphatic rings. The van der Waals surface area contributed by atoms with Crippen LogP contribution in [0.4, 0.5) is 18.9 Å². The first-order valence-corrected chi connectivity index (χ1v) is 8.50. The first-order chi connectivity index (χ1) is 13.2. The van der Waals surface area contributed by atoms with Crippen LogP contribution >= 0.6 is 23.2 Å². The largest absolute Gasteiger partial charge is 0.477 e. The van der Waals surface area contributed by atoms with Gasteiger partial charge in [-0.05, 0) is 29.8 Å². The Morgan fingerprint density at radius 3 is 2.50 bits per heavy atom. The van der Waals surface area contributed by atoms with Crippen molar-refractivity contribution in [1.82, 2.24) is 4.98 Å². The van der Waals surface area contributed by atoms with Gasteiger partial charge in [-0.25, -0.2) is 18.0 Å². The molecule has 0 spiro atoms. The summed E-state index contributed by atoms with van der Waals surface area (Å²) in [6, 6.07) is 5.44. The van der Waals surface area contributed by atoms with Crippen LogP contribution in [-0.4, -0.2) is 16.1 Å². The molecule has 144 valence electrons. The Hall–Kier alpha value is -2.86. The molecule has 9 heteroatoms. The predicted molar refractivity (Wildman–Crippen MR) is 102 cm³/mol. The molecule has 1 heterocycles. The van der Waals surface area contributed by atoms with Crippen LogP contribution < -0.4 is 5.32 Å². The summed E-state index contributed by atoms with van der Waals surface area (Å²) in [5.74, 6) is -6.02. The number of allylic oxidation sites excluding steroid dienone is 1. The minimum absolute atomic E-state index is 0.0408. The van der Waals surface area contributed by atoms with E-state index in [1.165, 1.54) is 6.07 Å². The summed E-state index contributed by atoms with van der Waals surface area (Å²) in [6.07, 6.45) is -0.129. The molecule has 0 fully saturated rings. The Kier molecular flexibility index (Phi) is 5.42. The Bertz CT molecular complexity index is 1170. The second-order valence-electron chi connectivity index (χ2n) is 5.78. The number of aromatic nitrogens is 1. The summed E-state index contributed by atoms with van der Waals surface area (Å²) in [7, 11) is 0. The standard InChI is InChI=1S/C19H11Cl2F3N2O2/c1-2-8(25-9-3-4-12(20)13(21)6-9)5-10-11-7-14(22)15(23)16(24)17(11)26-18(10)19(27)28/h3-4,6-7,25-26H,1,5H2,(H,27,28). The van der Waals surface area contributed by atoms with Crippen LogP contribution in [0.3, 0.4) is 0 Å². The van der Waals surface area contributed by atoms with E-state index in [9.17, 15) is 23.1 Å². The van der Waals surface area contributed by atoms with E-state index in [0.29, 0.717) is 16.4 Å². The zero-order valence-corrected chi connectivity index (χ0v) is 15.5. The molecule has 3 aromatic rings. The zero-order valence-electron chi connectivity index (χ0n) is 14.0. The number of hydrogen-bond donors (Lipinski definition) is 3. The number of H-pyrrole nitrogens is 1. The SMILES string of the molecule is C=C=C(Cc1c(C(=O)O)[nH]c2c(F)c(F)c(F)cc12)Nc1ccc(Cl)c(Cl)c1. The smallest absolute Gasteiger partial charge is 0.352 e. The van der Waals surface area contributed by atoms with Crippen molar-refractivity contribution >= 4 is 45.8 Å². The average molecular weight is 427 g/mol. The number of carbonyl (C=O) groups is 1. The Morgan fingerprint density at radius 1 is 1.18 bits per heavy atom. The van der Waals surface area contributed by atoms with Gasteiger partial charge in [0.15, 0.2) is 17.5 Å². The number of aromatic carboxylic acids is 1. The molecule has 28 heavy (non-hydrogen) atoms.